The van der Waals surface area contributed by atoms with Crippen molar-refractivity contribution in [1.29, 1.82) is 0 Å². The summed E-state index contributed by atoms with van der Waals surface area (Å²) in [5, 5.41) is 0.149. The first-order valence-electron chi connectivity index (χ1n) is 6.14. The summed E-state index contributed by atoms with van der Waals surface area (Å²) in [4.78, 5) is 2.12. The number of hydrogen-bond acceptors (Lipinski definition) is 2. The first-order valence-corrected chi connectivity index (χ1v) is 6.52. The second kappa shape index (κ2) is 5.93. The molecule has 0 fully saturated rings. The van der Waals surface area contributed by atoms with E-state index >= 15 is 0 Å². The predicted molar refractivity (Wildman–Crippen MR) is 79.0 cm³/mol. The normalized spacial score (nSPS) is 10.5. The number of nitrogen functional groups attached to an aromatic ring is 1. The van der Waals surface area contributed by atoms with Gasteiger partial charge in [0.05, 0.1) is 5.02 Å². The molecule has 0 bridgehead atoms. The highest BCUT2D eigenvalue weighted by Crippen LogP contribution is 2.21. The lowest BCUT2D eigenvalue weighted by atomic mass is 10.2. The summed E-state index contributed by atoms with van der Waals surface area (Å²) in [5.41, 5.74) is 8.41. The van der Waals surface area contributed by atoms with E-state index in [1.165, 1.54) is 6.07 Å². The summed E-state index contributed by atoms with van der Waals surface area (Å²) in [5.74, 6) is -0.386. The molecule has 0 saturated heterocycles. The monoisotopic (exact) mass is 278 g/mol. The van der Waals surface area contributed by atoms with E-state index in [1.54, 1.807) is 6.07 Å². The molecule has 0 radical (unpaired) electrons. The van der Waals surface area contributed by atoms with Gasteiger partial charge in [-0.15, -0.1) is 0 Å². The third-order valence-corrected chi connectivity index (χ3v) is 3.28. The zero-order valence-electron chi connectivity index (χ0n) is 10.7. The zero-order valence-corrected chi connectivity index (χ0v) is 11.5. The lowest BCUT2D eigenvalue weighted by Gasteiger charge is -2.23. The Morgan fingerprint density at radius 1 is 1.21 bits per heavy atom. The van der Waals surface area contributed by atoms with Crippen molar-refractivity contribution in [3.8, 4) is 0 Å². The second-order valence-corrected chi connectivity index (χ2v) is 4.76. The molecule has 0 saturated carbocycles. The van der Waals surface area contributed by atoms with Crippen LogP contribution >= 0.6 is 11.6 Å². The van der Waals surface area contributed by atoms with Crippen LogP contribution in [0.3, 0.4) is 0 Å². The molecule has 0 spiro atoms. The Hall–Kier alpha value is -1.74. The lowest BCUT2D eigenvalue weighted by molar-refractivity contribution is 0.625. The predicted octanol–water partition coefficient (Wildman–Crippen LogP) is 4.09. The van der Waals surface area contributed by atoms with E-state index in [9.17, 15) is 4.39 Å². The molecule has 2 rings (SSSR count). The van der Waals surface area contributed by atoms with Crippen LogP contribution < -0.4 is 10.6 Å². The van der Waals surface area contributed by atoms with E-state index in [0.717, 1.165) is 23.5 Å². The maximum absolute atomic E-state index is 13.4. The van der Waals surface area contributed by atoms with Crippen LogP contribution in [-0.4, -0.2) is 6.54 Å². The molecule has 0 aliphatic heterocycles. The van der Waals surface area contributed by atoms with Gasteiger partial charge in [-0.1, -0.05) is 23.7 Å². The Bertz CT molecular complexity index is 572. The molecule has 0 aliphatic carbocycles. The Morgan fingerprint density at radius 2 is 2.00 bits per heavy atom. The summed E-state index contributed by atoms with van der Waals surface area (Å²) in [7, 11) is 0. The molecule has 0 atom stereocenters. The molecule has 0 aromatic heterocycles. The van der Waals surface area contributed by atoms with E-state index in [1.807, 2.05) is 30.3 Å². The molecule has 19 heavy (non-hydrogen) atoms. The van der Waals surface area contributed by atoms with Crippen LogP contribution in [0.2, 0.25) is 5.02 Å². The standard InChI is InChI=1S/C15H16ClFN2/c1-2-19(13-5-3-4-12(18)9-13)10-11-6-7-14(16)15(17)8-11/h3-9H,2,10,18H2,1H3. The van der Waals surface area contributed by atoms with Crippen molar-refractivity contribution in [3.63, 3.8) is 0 Å². The topological polar surface area (TPSA) is 29.3 Å². The average molecular weight is 279 g/mol. The molecular formula is C15H16ClFN2. The van der Waals surface area contributed by atoms with Crippen LogP contribution in [0.25, 0.3) is 0 Å². The summed E-state index contributed by atoms with van der Waals surface area (Å²) in [6.07, 6.45) is 0. The van der Waals surface area contributed by atoms with Crippen molar-refractivity contribution in [2.45, 2.75) is 13.5 Å². The summed E-state index contributed by atoms with van der Waals surface area (Å²) in [6.45, 7) is 3.48. The molecule has 0 heterocycles. The Labute approximate surface area is 117 Å². The van der Waals surface area contributed by atoms with Gasteiger partial charge in [-0.05, 0) is 42.8 Å². The van der Waals surface area contributed by atoms with Crippen molar-refractivity contribution in [2.24, 2.45) is 0 Å². The largest absolute Gasteiger partial charge is 0.399 e. The molecule has 2 aromatic carbocycles. The molecule has 4 heteroatoms. The molecule has 2 N–H and O–H groups in total. The smallest absolute Gasteiger partial charge is 0.142 e. The Balaban J connectivity index is 2.21. The van der Waals surface area contributed by atoms with Gasteiger partial charge in [0, 0.05) is 24.5 Å². The van der Waals surface area contributed by atoms with Gasteiger partial charge in [-0.2, -0.15) is 0 Å². The fourth-order valence-corrected chi connectivity index (χ4v) is 2.08. The van der Waals surface area contributed by atoms with Gasteiger partial charge < -0.3 is 10.6 Å². The van der Waals surface area contributed by atoms with Crippen LogP contribution in [-0.2, 0) is 6.54 Å². The third kappa shape index (κ3) is 3.38. The third-order valence-electron chi connectivity index (χ3n) is 2.97. The Morgan fingerprint density at radius 3 is 2.63 bits per heavy atom. The highest BCUT2D eigenvalue weighted by atomic mass is 35.5. The maximum atomic E-state index is 13.4. The Kier molecular flexibility index (Phi) is 4.27. The van der Waals surface area contributed by atoms with Gasteiger partial charge in [0.1, 0.15) is 5.82 Å². The van der Waals surface area contributed by atoms with Gasteiger partial charge in [-0.25, -0.2) is 4.39 Å². The number of nitrogens with zero attached hydrogens (tertiary/aromatic N) is 1. The minimum Gasteiger partial charge on any atom is -0.399 e. The lowest BCUT2D eigenvalue weighted by Crippen LogP contribution is -2.22. The second-order valence-electron chi connectivity index (χ2n) is 4.36. The van der Waals surface area contributed by atoms with E-state index in [-0.39, 0.29) is 10.8 Å². The summed E-state index contributed by atoms with van der Waals surface area (Å²) < 4.78 is 13.4. The highest BCUT2D eigenvalue weighted by Gasteiger charge is 2.07. The van der Waals surface area contributed by atoms with Crippen molar-refractivity contribution >= 4 is 23.0 Å². The first kappa shape index (κ1) is 13.7. The van der Waals surface area contributed by atoms with E-state index < -0.39 is 0 Å². The molecule has 0 amide bonds. The van der Waals surface area contributed by atoms with Crippen molar-refractivity contribution in [2.75, 3.05) is 17.2 Å². The minimum atomic E-state index is -0.386. The fraction of sp³-hybridized carbons (Fsp3) is 0.200. The van der Waals surface area contributed by atoms with Crippen LogP contribution in [0.15, 0.2) is 42.5 Å². The minimum absolute atomic E-state index is 0.149. The van der Waals surface area contributed by atoms with E-state index in [2.05, 4.69) is 11.8 Å². The van der Waals surface area contributed by atoms with Gasteiger partial charge in [0.25, 0.3) is 0 Å². The number of hydrogen-bond donors (Lipinski definition) is 1. The highest BCUT2D eigenvalue weighted by molar-refractivity contribution is 6.30. The number of rotatable bonds is 4. The average Bonchev–Trinajstić information content (AvgIpc) is 2.40. The number of benzene rings is 2. The molecule has 2 nitrogen and oxygen atoms in total. The quantitative estimate of drug-likeness (QED) is 0.854. The molecule has 0 unspecified atom stereocenters. The van der Waals surface area contributed by atoms with Gasteiger partial charge in [0.15, 0.2) is 0 Å². The van der Waals surface area contributed by atoms with Crippen LogP contribution in [0.5, 0.6) is 0 Å². The molecular weight excluding hydrogens is 263 g/mol. The molecule has 2 aromatic rings. The number of anilines is 2. The van der Waals surface area contributed by atoms with E-state index in [0.29, 0.717) is 6.54 Å². The maximum Gasteiger partial charge on any atom is 0.142 e. The van der Waals surface area contributed by atoms with Crippen molar-refractivity contribution in [3.05, 3.63) is 58.9 Å². The molecule has 100 valence electrons. The van der Waals surface area contributed by atoms with E-state index in [4.69, 9.17) is 17.3 Å². The van der Waals surface area contributed by atoms with Gasteiger partial charge in [-0.3, -0.25) is 0 Å². The fourth-order valence-electron chi connectivity index (χ4n) is 1.97. The van der Waals surface area contributed by atoms with Crippen LogP contribution in [0.4, 0.5) is 15.8 Å². The first-order chi connectivity index (χ1) is 9.10. The van der Waals surface area contributed by atoms with Gasteiger partial charge in [0.2, 0.25) is 0 Å². The summed E-state index contributed by atoms with van der Waals surface area (Å²) >= 11 is 5.68. The van der Waals surface area contributed by atoms with Crippen LogP contribution in [0, 0.1) is 5.82 Å². The number of nitrogens with two attached hydrogens (primary N) is 1. The van der Waals surface area contributed by atoms with Crippen molar-refractivity contribution < 1.29 is 4.39 Å². The zero-order chi connectivity index (χ0) is 13.8. The van der Waals surface area contributed by atoms with Crippen molar-refractivity contribution in [1.82, 2.24) is 0 Å². The summed E-state index contributed by atoms with van der Waals surface area (Å²) in [6, 6.07) is 12.5. The van der Waals surface area contributed by atoms with Crippen LogP contribution in [0.1, 0.15) is 12.5 Å². The van der Waals surface area contributed by atoms with Gasteiger partial charge >= 0.3 is 0 Å². The SMILES string of the molecule is CCN(Cc1ccc(Cl)c(F)c1)c1cccc(N)c1. The molecule has 0 aliphatic rings. The number of halogens is 2.